The van der Waals surface area contributed by atoms with Gasteiger partial charge in [-0.1, -0.05) is 82.7 Å². The van der Waals surface area contributed by atoms with Gasteiger partial charge in [-0.3, -0.25) is 14.5 Å². The van der Waals surface area contributed by atoms with Crippen molar-refractivity contribution in [1.82, 2.24) is 4.98 Å². The van der Waals surface area contributed by atoms with Gasteiger partial charge in [0, 0.05) is 10.0 Å². The number of amides is 1. The minimum absolute atomic E-state index is 0.0574. The zero-order valence-electron chi connectivity index (χ0n) is 17.7. The van der Waals surface area contributed by atoms with Gasteiger partial charge in [0.25, 0.3) is 5.78 Å². The van der Waals surface area contributed by atoms with Crippen molar-refractivity contribution in [3.8, 4) is 0 Å². The molecule has 33 heavy (non-hydrogen) atoms. The van der Waals surface area contributed by atoms with Crippen molar-refractivity contribution in [2.75, 3.05) is 4.90 Å². The van der Waals surface area contributed by atoms with Crippen LogP contribution >= 0.6 is 27.3 Å². The van der Waals surface area contributed by atoms with E-state index in [1.807, 2.05) is 42.5 Å². The van der Waals surface area contributed by atoms with E-state index in [-0.39, 0.29) is 11.3 Å². The number of Topliss-reactive ketones (excluding diaryl/α,β-unsaturated/α-hetero) is 1. The van der Waals surface area contributed by atoms with Gasteiger partial charge in [0.2, 0.25) is 0 Å². The molecule has 164 valence electrons. The summed E-state index contributed by atoms with van der Waals surface area (Å²) in [6, 6.07) is 21.4. The number of hydrogen-bond acceptors (Lipinski definition) is 5. The first kappa shape index (κ1) is 21.6. The standard InChI is InChI=1S/C26H19BrN2O3S/c1-2-15-8-13-19-20(14-15)33-26(28-19)29-22(16-9-11-18(27)12-10-16)21(24(31)25(29)32)23(30)17-6-4-3-5-7-17/h3-14,22,30H,2H2,1H3/b23-21+/t22-/m1/s1. The fourth-order valence-electron chi connectivity index (χ4n) is 4.02. The maximum atomic E-state index is 13.3. The molecule has 1 aromatic heterocycles. The van der Waals surface area contributed by atoms with E-state index in [0.717, 1.165) is 21.1 Å². The topological polar surface area (TPSA) is 70.5 Å². The molecule has 1 amide bonds. The van der Waals surface area contributed by atoms with E-state index in [4.69, 9.17) is 0 Å². The number of benzene rings is 3. The summed E-state index contributed by atoms with van der Waals surface area (Å²) >= 11 is 4.81. The number of nitrogens with zero attached hydrogens (tertiary/aromatic N) is 2. The van der Waals surface area contributed by atoms with Crippen molar-refractivity contribution >= 4 is 60.1 Å². The van der Waals surface area contributed by atoms with Crippen LogP contribution in [0.3, 0.4) is 0 Å². The molecule has 0 aliphatic carbocycles. The van der Waals surface area contributed by atoms with Crippen LogP contribution in [0.5, 0.6) is 0 Å². The van der Waals surface area contributed by atoms with Gasteiger partial charge >= 0.3 is 5.91 Å². The smallest absolute Gasteiger partial charge is 0.301 e. The Labute approximate surface area is 203 Å². The van der Waals surface area contributed by atoms with Crippen molar-refractivity contribution in [2.45, 2.75) is 19.4 Å². The lowest BCUT2D eigenvalue weighted by molar-refractivity contribution is -0.132. The Morgan fingerprint density at radius 2 is 1.79 bits per heavy atom. The predicted molar refractivity (Wildman–Crippen MR) is 134 cm³/mol. The third-order valence-corrected chi connectivity index (χ3v) is 7.28. The van der Waals surface area contributed by atoms with Crippen molar-refractivity contribution in [3.63, 3.8) is 0 Å². The fourth-order valence-corrected chi connectivity index (χ4v) is 5.34. The molecule has 0 unspecified atom stereocenters. The van der Waals surface area contributed by atoms with Crippen LogP contribution in [0.15, 0.2) is 82.8 Å². The van der Waals surface area contributed by atoms with Gasteiger partial charge in [0.05, 0.1) is 21.8 Å². The number of carbonyl (C=O) groups is 2. The normalized spacial score (nSPS) is 17.8. The van der Waals surface area contributed by atoms with Crippen molar-refractivity contribution in [3.05, 3.63) is 99.5 Å². The first-order valence-electron chi connectivity index (χ1n) is 10.5. The number of carbonyl (C=O) groups excluding carboxylic acids is 2. The van der Waals surface area contributed by atoms with Gasteiger partial charge in [-0.05, 0) is 41.8 Å². The number of aromatic nitrogens is 1. The Morgan fingerprint density at radius 3 is 2.48 bits per heavy atom. The number of aryl methyl sites for hydroxylation is 1. The van der Waals surface area contributed by atoms with E-state index in [2.05, 4.69) is 33.9 Å². The van der Waals surface area contributed by atoms with Gasteiger partial charge in [-0.2, -0.15) is 0 Å². The van der Waals surface area contributed by atoms with E-state index in [1.54, 1.807) is 24.3 Å². The molecule has 1 aliphatic heterocycles. The minimum Gasteiger partial charge on any atom is -0.507 e. The molecule has 1 fully saturated rings. The van der Waals surface area contributed by atoms with E-state index in [0.29, 0.717) is 16.3 Å². The molecule has 1 saturated heterocycles. The highest BCUT2D eigenvalue weighted by atomic mass is 79.9. The van der Waals surface area contributed by atoms with Crippen LogP contribution in [0.1, 0.15) is 29.7 Å². The number of thiazole rings is 1. The van der Waals surface area contributed by atoms with Gasteiger partial charge in [0.1, 0.15) is 5.76 Å². The zero-order valence-corrected chi connectivity index (χ0v) is 20.1. The highest BCUT2D eigenvalue weighted by Crippen LogP contribution is 2.44. The third kappa shape index (κ3) is 3.77. The first-order valence-corrected chi connectivity index (χ1v) is 12.1. The summed E-state index contributed by atoms with van der Waals surface area (Å²) in [5, 5.41) is 11.6. The van der Waals surface area contributed by atoms with Crippen molar-refractivity contribution in [2.24, 2.45) is 0 Å². The molecule has 5 rings (SSSR count). The molecule has 0 spiro atoms. The van der Waals surface area contributed by atoms with E-state index in [9.17, 15) is 14.7 Å². The number of aliphatic hydroxyl groups excluding tert-OH is 1. The zero-order chi connectivity index (χ0) is 23.1. The van der Waals surface area contributed by atoms with E-state index < -0.39 is 17.7 Å². The summed E-state index contributed by atoms with van der Waals surface area (Å²) in [6.45, 7) is 2.08. The molecule has 0 saturated carbocycles. The summed E-state index contributed by atoms with van der Waals surface area (Å²) in [7, 11) is 0. The molecular weight excluding hydrogens is 500 g/mol. The van der Waals surface area contributed by atoms with Crippen LogP contribution in [0.25, 0.3) is 16.0 Å². The lowest BCUT2D eigenvalue weighted by Crippen LogP contribution is -2.29. The maximum Gasteiger partial charge on any atom is 0.301 e. The van der Waals surface area contributed by atoms with Crippen LogP contribution < -0.4 is 4.90 Å². The van der Waals surface area contributed by atoms with Gasteiger partial charge in [0.15, 0.2) is 5.13 Å². The quantitative estimate of drug-likeness (QED) is 0.197. The second-order valence-corrected chi connectivity index (χ2v) is 9.66. The average Bonchev–Trinajstić information content (AvgIpc) is 3.37. The van der Waals surface area contributed by atoms with Crippen molar-refractivity contribution < 1.29 is 14.7 Å². The lowest BCUT2D eigenvalue weighted by Gasteiger charge is -2.23. The molecule has 1 N–H and O–H groups in total. The highest BCUT2D eigenvalue weighted by molar-refractivity contribution is 9.10. The second-order valence-electron chi connectivity index (χ2n) is 7.74. The molecule has 2 heterocycles. The van der Waals surface area contributed by atoms with Gasteiger partial charge in [-0.15, -0.1) is 0 Å². The summed E-state index contributed by atoms with van der Waals surface area (Å²) in [6.07, 6.45) is 0.893. The first-order chi connectivity index (χ1) is 16.0. The molecule has 1 aliphatic rings. The average molecular weight is 519 g/mol. The van der Waals surface area contributed by atoms with Gasteiger partial charge in [-0.25, -0.2) is 4.98 Å². The Bertz CT molecular complexity index is 1410. The van der Waals surface area contributed by atoms with Crippen LogP contribution in [0, 0.1) is 0 Å². The van der Waals surface area contributed by atoms with E-state index >= 15 is 0 Å². The molecular formula is C26H19BrN2O3S. The molecule has 0 bridgehead atoms. The van der Waals surface area contributed by atoms with Crippen LogP contribution in [-0.4, -0.2) is 21.8 Å². The number of anilines is 1. The number of rotatable bonds is 4. The number of hydrogen-bond donors (Lipinski definition) is 1. The molecule has 7 heteroatoms. The Kier molecular flexibility index (Phi) is 5.60. The Morgan fingerprint density at radius 1 is 1.06 bits per heavy atom. The largest absolute Gasteiger partial charge is 0.507 e. The number of halogens is 1. The van der Waals surface area contributed by atoms with Crippen LogP contribution in [-0.2, 0) is 16.0 Å². The molecule has 3 aromatic carbocycles. The Hall–Kier alpha value is -3.29. The molecule has 5 nitrogen and oxygen atoms in total. The van der Waals surface area contributed by atoms with Crippen LogP contribution in [0.4, 0.5) is 5.13 Å². The maximum absolute atomic E-state index is 13.3. The second kappa shape index (κ2) is 8.57. The van der Waals surface area contributed by atoms with Gasteiger partial charge < -0.3 is 5.11 Å². The minimum atomic E-state index is -0.787. The molecule has 4 aromatic rings. The van der Waals surface area contributed by atoms with Crippen molar-refractivity contribution in [1.29, 1.82) is 0 Å². The summed E-state index contributed by atoms with van der Waals surface area (Å²) in [5.74, 6) is -1.62. The summed E-state index contributed by atoms with van der Waals surface area (Å²) in [5.41, 5.74) is 3.19. The summed E-state index contributed by atoms with van der Waals surface area (Å²) < 4.78 is 1.82. The SMILES string of the molecule is CCc1ccc2nc(N3C(=O)C(=O)/C(=C(/O)c4ccccc4)[C@H]3c3ccc(Br)cc3)sc2c1. The van der Waals surface area contributed by atoms with E-state index in [1.165, 1.54) is 21.8 Å². The molecule has 1 atom stereocenters. The number of aliphatic hydroxyl groups is 1. The summed E-state index contributed by atoms with van der Waals surface area (Å²) in [4.78, 5) is 32.6. The lowest BCUT2D eigenvalue weighted by atomic mass is 9.95. The predicted octanol–water partition coefficient (Wildman–Crippen LogP) is 6.25. The third-order valence-electron chi connectivity index (χ3n) is 5.73. The number of fused-ring (bicyclic) bond motifs is 1. The Balaban J connectivity index is 1.72. The highest BCUT2D eigenvalue weighted by Gasteiger charge is 2.48. The molecule has 0 radical (unpaired) electrons. The van der Waals surface area contributed by atoms with Crippen LogP contribution in [0.2, 0.25) is 0 Å². The fraction of sp³-hybridized carbons (Fsp3) is 0.115. The number of ketones is 1. The monoisotopic (exact) mass is 518 g/mol.